The summed E-state index contributed by atoms with van der Waals surface area (Å²) in [6, 6.07) is 12.9. The number of carbonyl (C=O) groups excluding carboxylic acids is 1. The maximum Gasteiger partial charge on any atom is 0.356 e. The number of carbonyl (C=O) groups is 2. The molecule has 0 aliphatic carbocycles. The van der Waals surface area contributed by atoms with Crippen LogP contribution in [0.4, 0.5) is 22.7 Å². The molecule has 0 spiro atoms. The van der Waals surface area contributed by atoms with Crippen molar-refractivity contribution in [3.8, 4) is 0 Å². The topological polar surface area (TPSA) is 207 Å². The average Bonchev–Trinajstić information content (AvgIpc) is 3.18. The molecule has 0 bridgehead atoms. The van der Waals surface area contributed by atoms with E-state index in [2.05, 4.69) is 93.7 Å². The summed E-state index contributed by atoms with van der Waals surface area (Å²) in [5, 5.41) is 24.2. The minimum atomic E-state index is -1.67. The second-order valence-electron chi connectivity index (χ2n) is 9.54. The molecule has 0 aliphatic heterocycles. The molecule has 0 aromatic carbocycles. The number of rotatable bonds is 4. The third-order valence-electron chi connectivity index (χ3n) is 5.97. The Kier molecular flexibility index (Phi) is 32.6. The van der Waals surface area contributed by atoms with Gasteiger partial charge < -0.3 is 20.1 Å². The van der Waals surface area contributed by atoms with Gasteiger partial charge in [0.1, 0.15) is 11.4 Å². The first-order valence-corrected chi connectivity index (χ1v) is 20.7. The van der Waals surface area contributed by atoms with Crippen LogP contribution in [-0.4, -0.2) is 69.8 Å². The van der Waals surface area contributed by atoms with Crippen LogP contribution < -0.4 is 0 Å². The number of hydrogen-bond acceptors (Lipinski definition) is 11. The van der Waals surface area contributed by atoms with E-state index in [1.54, 1.807) is 39.0 Å². The Morgan fingerprint density at radius 2 is 0.930 bits per heavy atom. The summed E-state index contributed by atoms with van der Waals surface area (Å²) >= 11 is 0. The molecular formula is C35H36Cl4N8O8S2. The highest BCUT2D eigenvalue weighted by molar-refractivity contribution is 8.27. The second kappa shape index (κ2) is 33.1. The molecule has 16 nitrogen and oxygen atoms in total. The number of nitrogens with zero attached hydrogens (tertiary/aromatic N) is 8. The van der Waals surface area contributed by atoms with Gasteiger partial charge in [-0.05, 0) is 52.3 Å². The first-order chi connectivity index (χ1) is 26.8. The molecule has 57 heavy (non-hydrogen) atoms. The first-order valence-electron chi connectivity index (χ1n) is 15.1. The number of halogens is 4. The van der Waals surface area contributed by atoms with Crippen LogP contribution in [0.15, 0.2) is 48.5 Å². The van der Waals surface area contributed by atoms with Crippen LogP contribution in [0.3, 0.4) is 0 Å². The lowest BCUT2D eigenvalue weighted by atomic mass is 10.2. The Labute approximate surface area is 353 Å². The highest BCUT2D eigenvalue weighted by Crippen LogP contribution is 2.18. The second-order valence-corrected chi connectivity index (χ2v) is 14.6. The molecule has 0 saturated heterocycles. The zero-order valence-electron chi connectivity index (χ0n) is 31.3. The summed E-state index contributed by atoms with van der Waals surface area (Å²) in [5.41, 5.74) is 6.39. The third kappa shape index (κ3) is 25.6. The van der Waals surface area contributed by atoms with Gasteiger partial charge in [0.15, 0.2) is 0 Å². The van der Waals surface area contributed by atoms with Crippen molar-refractivity contribution in [2.45, 2.75) is 47.6 Å². The molecule has 0 unspecified atom stereocenters. The van der Waals surface area contributed by atoms with Gasteiger partial charge in [-0.15, -0.1) is 0 Å². The Bertz CT molecular complexity index is 2050. The fraction of sp³-hybridized carbons (Fsp3) is 0.257. The highest BCUT2D eigenvalue weighted by Gasteiger charge is 2.09. The predicted molar refractivity (Wildman–Crippen MR) is 222 cm³/mol. The summed E-state index contributed by atoms with van der Waals surface area (Å²) in [5.74, 6) is -1.56. The van der Waals surface area contributed by atoms with Crippen molar-refractivity contribution in [3.05, 3.63) is 140 Å². The first kappa shape index (κ1) is 56.2. The minimum Gasteiger partial charge on any atom is -0.477 e. The monoisotopic (exact) mass is 900 g/mol. The van der Waals surface area contributed by atoms with E-state index in [1.165, 1.54) is 25.3 Å². The van der Waals surface area contributed by atoms with Crippen LogP contribution in [0.2, 0.25) is 0 Å². The van der Waals surface area contributed by atoms with Crippen molar-refractivity contribution in [1.29, 1.82) is 0 Å². The van der Waals surface area contributed by atoms with Gasteiger partial charge in [-0.1, -0.05) is 37.3 Å². The molecular weight excluding hydrogens is 866 g/mol. The van der Waals surface area contributed by atoms with Crippen molar-refractivity contribution in [2.75, 3.05) is 14.2 Å². The number of aryl methyl sites for hydroxylation is 5. The smallest absolute Gasteiger partial charge is 0.356 e. The van der Waals surface area contributed by atoms with Crippen LogP contribution in [0.5, 0.6) is 0 Å². The number of hydrogen-bond donors (Lipinski definition) is 3. The van der Waals surface area contributed by atoms with E-state index in [4.69, 9.17) is 50.0 Å². The van der Waals surface area contributed by atoms with Gasteiger partial charge in [-0.25, -0.2) is 37.4 Å². The highest BCUT2D eigenvalue weighted by atomic mass is 36.0. The molecule has 0 atom stereocenters. The number of ether oxygens (including phenoxy) is 1. The quantitative estimate of drug-likeness (QED) is 0.0997. The number of aromatic nitrogens is 4. The molecule has 4 rings (SSSR count). The summed E-state index contributed by atoms with van der Waals surface area (Å²) in [7, 11) is 17.0. The standard InChI is InChI=1S/C9H8N2O2.C9H10N2.C8H6N2O2.C8H8N2O.CH4O.2Cl2OS/c1-6-7(10-2)4-5-8(11-6)9(12)13-3;1-4-8-5-6-9(10-3)7(2)11-8;1-5-6(9-2)3-4-7(10-5)8(11)12;1-6-8(9-2)4-3-7(5-11)10-6;1-2;2*1-4(2)3/h4-5H,1,3H3;5-6H,4H2,1-2H3;3-4H,1H3,(H,11,12);3-4,11H,5H2,1H3;2H,1H3;;. The van der Waals surface area contributed by atoms with E-state index in [1.807, 2.05) is 19.1 Å². The van der Waals surface area contributed by atoms with Gasteiger partial charge >= 0.3 is 11.9 Å². The Morgan fingerprint density at radius 1 is 0.632 bits per heavy atom. The van der Waals surface area contributed by atoms with Gasteiger partial charge in [0, 0.05) is 78.3 Å². The number of aromatic carboxylic acids is 1. The average molecular weight is 903 g/mol. The maximum absolute atomic E-state index is 11.0. The SMILES string of the molecule is CO.O=S(Cl)Cl.O=S(Cl)Cl.[C-]#[N+]c1ccc(C(=O)O)nc1C.[C-]#[N+]c1ccc(C(=O)OC)nc1C.[C-]#[N+]c1ccc(CC)nc1C.[C-]#[N+]c1ccc(CO)nc1C. The van der Waals surface area contributed by atoms with E-state index in [0.29, 0.717) is 45.5 Å². The van der Waals surface area contributed by atoms with Crippen molar-refractivity contribution >= 4 is 95.9 Å². The summed E-state index contributed by atoms with van der Waals surface area (Å²) in [6.45, 7) is 35.9. The van der Waals surface area contributed by atoms with Crippen LogP contribution in [0.1, 0.15) is 62.1 Å². The lowest BCUT2D eigenvalue weighted by molar-refractivity contribution is 0.0593. The van der Waals surface area contributed by atoms with E-state index in [9.17, 15) is 9.59 Å². The summed E-state index contributed by atoms with van der Waals surface area (Å²) in [4.78, 5) is 50.3. The molecule has 3 N–H and O–H groups in total. The molecule has 0 radical (unpaired) electrons. The fourth-order valence-electron chi connectivity index (χ4n) is 3.41. The predicted octanol–water partition coefficient (Wildman–Crippen LogP) is 9.00. The number of carboxylic acids is 1. The summed E-state index contributed by atoms with van der Waals surface area (Å²) in [6.07, 6.45) is 0.930. The molecule has 304 valence electrons. The van der Waals surface area contributed by atoms with E-state index >= 15 is 0 Å². The normalized spacial score (nSPS) is 8.82. The number of aliphatic hydroxyl groups excluding tert-OH is 2. The van der Waals surface area contributed by atoms with Gasteiger partial charge in [0.25, 0.3) is 0 Å². The Hall–Kier alpha value is -5.12. The third-order valence-corrected chi connectivity index (χ3v) is 5.97. The maximum atomic E-state index is 11.0. The fourth-order valence-corrected chi connectivity index (χ4v) is 3.41. The zero-order valence-corrected chi connectivity index (χ0v) is 36.0. The molecule has 22 heteroatoms. The minimum absolute atomic E-state index is 0.0279. The van der Waals surface area contributed by atoms with Crippen molar-refractivity contribution in [3.63, 3.8) is 0 Å². The molecule has 0 fully saturated rings. The molecule has 0 aliphatic rings. The van der Waals surface area contributed by atoms with E-state index < -0.39 is 30.4 Å². The number of carboxylic acid groups (broad SMARTS) is 1. The Morgan fingerprint density at radius 3 is 1.21 bits per heavy atom. The molecule has 0 amide bonds. The van der Waals surface area contributed by atoms with Gasteiger partial charge in [-0.3, -0.25) is 19.9 Å². The van der Waals surface area contributed by atoms with Crippen molar-refractivity contribution in [1.82, 2.24) is 19.9 Å². The molecule has 4 aromatic rings. The van der Waals surface area contributed by atoms with Gasteiger partial charge in [0.05, 0.1) is 45.7 Å². The number of methoxy groups -OCH3 is 1. The van der Waals surface area contributed by atoms with E-state index in [-0.39, 0.29) is 18.0 Å². The van der Waals surface area contributed by atoms with Crippen LogP contribution in [-0.2, 0) is 36.2 Å². The molecule has 4 aromatic heterocycles. The summed E-state index contributed by atoms with van der Waals surface area (Å²) < 4.78 is 22.7. The number of pyridine rings is 4. The largest absolute Gasteiger partial charge is 0.477 e. The van der Waals surface area contributed by atoms with Gasteiger partial charge in [-0.2, -0.15) is 0 Å². The molecule has 0 saturated carbocycles. The van der Waals surface area contributed by atoms with Crippen LogP contribution in [0.25, 0.3) is 19.4 Å². The number of aliphatic hydroxyl groups is 2. The lowest BCUT2D eigenvalue weighted by Gasteiger charge is -2.00. The Balaban J connectivity index is -0.000000633. The molecule has 4 heterocycles. The van der Waals surface area contributed by atoms with E-state index in [0.717, 1.165) is 24.9 Å². The lowest BCUT2D eigenvalue weighted by Crippen LogP contribution is -2.04. The van der Waals surface area contributed by atoms with Crippen molar-refractivity contribution < 1.29 is 38.1 Å². The van der Waals surface area contributed by atoms with Crippen molar-refractivity contribution in [2.24, 2.45) is 0 Å². The zero-order chi connectivity index (χ0) is 44.7. The van der Waals surface area contributed by atoms with Gasteiger partial charge in [0.2, 0.25) is 41.2 Å². The van der Waals surface area contributed by atoms with Crippen LogP contribution in [0, 0.1) is 54.0 Å². The van der Waals surface area contributed by atoms with Crippen LogP contribution >= 0.6 is 42.7 Å². The number of esters is 1.